The standard InChI is InChI=1S/C24H36F3NO6/c1-17(8-4-2-3-5-9-22(30)31)34-24(11-6-7-13-33-24)28-12-10-19(29)16-32-23-20(26)14-18(25)15-21(23)27/h14-15,17,19,28-29H,2-13,16H2,1H3,(H,30,31). The van der Waals surface area contributed by atoms with Crippen molar-refractivity contribution >= 4 is 5.97 Å². The van der Waals surface area contributed by atoms with Crippen LogP contribution in [0.1, 0.15) is 71.1 Å². The van der Waals surface area contributed by atoms with Crippen LogP contribution in [0.4, 0.5) is 13.2 Å². The van der Waals surface area contributed by atoms with E-state index in [2.05, 4.69) is 5.32 Å². The molecular weight excluding hydrogens is 455 g/mol. The number of carboxylic acid groups (broad SMARTS) is 1. The van der Waals surface area contributed by atoms with Gasteiger partial charge in [-0.2, -0.15) is 0 Å². The van der Waals surface area contributed by atoms with Gasteiger partial charge in [0.25, 0.3) is 0 Å². The molecule has 7 nitrogen and oxygen atoms in total. The van der Waals surface area contributed by atoms with Gasteiger partial charge in [-0.3, -0.25) is 10.1 Å². The second-order valence-electron chi connectivity index (χ2n) is 8.71. The van der Waals surface area contributed by atoms with Gasteiger partial charge in [0.15, 0.2) is 17.4 Å². The van der Waals surface area contributed by atoms with E-state index >= 15 is 0 Å². The molecular formula is C24H36F3NO6. The molecule has 10 heteroatoms. The summed E-state index contributed by atoms with van der Waals surface area (Å²) in [6, 6.07) is 1.04. The zero-order valence-electron chi connectivity index (χ0n) is 19.7. The van der Waals surface area contributed by atoms with Crippen molar-refractivity contribution in [3.8, 4) is 5.75 Å². The number of hydrogen-bond donors (Lipinski definition) is 3. The summed E-state index contributed by atoms with van der Waals surface area (Å²) in [4.78, 5) is 10.6. The van der Waals surface area contributed by atoms with Gasteiger partial charge in [-0.25, -0.2) is 13.2 Å². The van der Waals surface area contributed by atoms with Crippen molar-refractivity contribution in [3.05, 3.63) is 29.6 Å². The number of halogens is 3. The molecule has 1 aliphatic rings. The molecule has 0 saturated carbocycles. The Morgan fingerprint density at radius 2 is 1.85 bits per heavy atom. The van der Waals surface area contributed by atoms with Crippen LogP contribution in [0.25, 0.3) is 0 Å². The predicted octanol–water partition coefficient (Wildman–Crippen LogP) is 4.51. The van der Waals surface area contributed by atoms with Crippen molar-refractivity contribution in [1.29, 1.82) is 0 Å². The highest BCUT2D eigenvalue weighted by Crippen LogP contribution is 2.27. The van der Waals surface area contributed by atoms with Gasteiger partial charge in [0.05, 0.1) is 18.8 Å². The third-order valence-corrected chi connectivity index (χ3v) is 5.63. The average molecular weight is 492 g/mol. The van der Waals surface area contributed by atoms with E-state index < -0.39 is 41.2 Å². The Morgan fingerprint density at radius 1 is 1.15 bits per heavy atom. The van der Waals surface area contributed by atoms with Gasteiger partial charge in [-0.1, -0.05) is 19.3 Å². The van der Waals surface area contributed by atoms with Crippen LogP contribution in [-0.2, 0) is 14.3 Å². The van der Waals surface area contributed by atoms with Crippen LogP contribution in [0.15, 0.2) is 12.1 Å². The van der Waals surface area contributed by atoms with Crippen molar-refractivity contribution in [2.45, 2.75) is 89.3 Å². The van der Waals surface area contributed by atoms with Crippen molar-refractivity contribution in [2.24, 2.45) is 0 Å². The number of ether oxygens (including phenoxy) is 3. The molecule has 1 aliphatic heterocycles. The Morgan fingerprint density at radius 3 is 2.50 bits per heavy atom. The van der Waals surface area contributed by atoms with E-state index in [0.29, 0.717) is 38.1 Å². The van der Waals surface area contributed by atoms with Crippen LogP contribution < -0.4 is 10.1 Å². The molecule has 0 bridgehead atoms. The summed E-state index contributed by atoms with van der Waals surface area (Å²) in [5.41, 5.74) is 0. The number of rotatable bonds is 16. The quantitative estimate of drug-likeness (QED) is 0.231. The van der Waals surface area contributed by atoms with Gasteiger partial charge in [0, 0.05) is 31.5 Å². The zero-order valence-corrected chi connectivity index (χ0v) is 19.7. The first-order valence-electron chi connectivity index (χ1n) is 11.9. The van der Waals surface area contributed by atoms with Crippen LogP contribution in [0.2, 0.25) is 0 Å². The molecule has 1 heterocycles. The molecule has 0 aromatic heterocycles. The van der Waals surface area contributed by atoms with E-state index in [9.17, 15) is 23.1 Å². The van der Waals surface area contributed by atoms with E-state index in [4.69, 9.17) is 19.3 Å². The fourth-order valence-corrected chi connectivity index (χ4v) is 3.85. The molecule has 1 aromatic carbocycles. The molecule has 0 spiro atoms. The minimum Gasteiger partial charge on any atom is -0.485 e. The second-order valence-corrected chi connectivity index (χ2v) is 8.71. The highest BCUT2D eigenvalue weighted by atomic mass is 19.1. The first kappa shape index (κ1) is 28.4. The summed E-state index contributed by atoms with van der Waals surface area (Å²) < 4.78 is 57.4. The van der Waals surface area contributed by atoms with Gasteiger partial charge < -0.3 is 24.4 Å². The normalized spacial score (nSPS) is 20.1. The van der Waals surface area contributed by atoms with Crippen LogP contribution >= 0.6 is 0 Å². The molecule has 194 valence electrons. The van der Waals surface area contributed by atoms with E-state index in [1.54, 1.807) is 0 Å². The number of nitrogens with one attached hydrogen (secondary N) is 1. The van der Waals surface area contributed by atoms with E-state index in [0.717, 1.165) is 38.5 Å². The van der Waals surface area contributed by atoms with Gasteiger partial charge in [0.1, 0.15) is 12.4 Å². The summed E-state index contributed by atoms with van der Waals surface area (Å²) in [5, 5.41) is 22.1. The van der Waals surface area contributed by atoms with Crippen molar-refractivity contribution in [3.63, 3.8) is 0 Å². The molecule has 3 atom stereocenters. The molecule has 0 amide bonds. The third-order valence-electron chi connectivity index (χ3n) is 5.63. The van der Waals surface area contributed by atoms with E-state index in [1.807, 2.05) is 6.92 Å². The molecule has 1 aromatic rings. The highest BCUT2D eigenvalue weighted by Gasteiger charge is 2.35. The molecule has 1 fully saturated rings. The Labute approximate surface area is 198 Å². The minimum atomic E-state index is -1.17. The first-order chi connectivity index (χ1) is 16.2. The van der Waals surface area contributed by atoms with Crippen LogP contribution in [0, 0.1) is 17.5 Å². The molecule has 0 radical (unpaired) electrons. The maximum absolute atomic E-state index is 13.7. The summed E-state index contributed by atoms with van der Waals surface area (Å²) in [7, 11) is 0. The SMILES string of the molecule is CC(CCCCCCC(=O)O)OC1(NCCC(O)COc2c(F)cc(F)cc2F)CCCCO1. The second kappa shape index (κ2) is 14.5. The molecule has 2 rings (SSSR count). The van der Waals surface area contributed by atoms with Crippen molar-refractivity contribution in [1.82, 2.24) is 5.32 Å². The topological polar surface area (TPSA) is 97.3 Å². The lowest BCUT2D eigenvalue weighted by molar-refractivity contribution is -0.291. The zero-order chi connectivity index (χ0) is 25.0. The lowest BCUT2D eigenvalue weighted by Crippen LogP contribution is -2.54. The third kappa shape index (κ3) is 10.2. The van der Waals surface area contributed by atoms with Gasteiger partial charge in [0.2, 0.25) is 5.91 Å². The average Bonchev–Trinajstić information content (AvgIpc) is 2.75. The van der Waals surface area contributed by atoms with Crippen LogP contribution in [-0.4, -0.2) is 54.1 Å². The number of unbranched alkanes of at least 4 members (excludes halogenated alkanes) is 3. The van der Waals surface area contributed by atoms with Gasteiger partial charge in [-0.15, -0.1) is 0 Å². The predicted molar refractivity (Wildman–Crippen MR) is 119 cm³/mol. The van der Waals surface area contributed by atoms with Gasteiger partial charge >= 0.3 is 5.97 Å². The Balaban J connectivity index is 1.74. The van der Waals surface area contributed by atoms with Crippen LogP contribution in [0.5, 0.6) is 5.75 Å². The van der Waals surface area contributed by atoms with E-state index in [1.165, 1.54) is 0 Å². The van der Waals surface area contributed by atoms with Gasteiger partial charge in [-0.05, 0) is 39.0 Å². The number of carbonyl (C=O) groups is 1. The first-order valence-corrected chi connectivity index (χ1v) is 11.9. The summed E-state index contributed by atoms with van der Waals surface area (Å²) in [6.07, 6.45) is 6.01. The molecule has 1 saturated heterocycles. The number of aliphatic hydroxyl groups excluding tert-OH is 1. The number of aliphatic hydroxyl groups is 1. The fourth-order valence-electron chi connectivity index (χ4n) is 3.85. The lowest BCUT2D eigenvalue weighted by Gasteiger charge is -2.39. The Hall–Kier alpha value is -1.88. The Kier molecular flexibility index (Phi) is 12.1. The Bertz CT molecular complexity index is 737. The summed E-state index contributed by atoms with van der Waals surface area (Å²) in [5.74, 6) is -5.83. The summed E-state index contributed by atoms with van der Waals surface area (Å²) in [6.45, 7) is 2.48. The maximum atomic E-state index is 13.7. The molecule has 3 N–H and O–H groups in total. The highest BCUT2D eigenvalue weighted by molar-refractivity contribution is 5.66. The van der Waals surface area contributed by atoms with Crippen LogP contribution in [0.3, 0.4) is 0 Å². The van der Waals surface area contributed by atoms with E-state index in [-0.39, 0.29) is 25.6 Å². The number of aliphatic carboxylic acids is 1. The lowest BCUT2D eigenvalue weighted by atomic mass is 10.1. The molecule has 34 heavy (non-hydrogen) atoms. The number of benzene rings is 1. The monoisotopic (exact) mass is 491 g/mol. The summed E-state index contributed by atoms with van der Waals surface area (Å²) >= 11 is 0. The maximum Gasteiger partial charge on any atom is 0.303 e. The molecule has 0 aliphatic carbocycles. The smallest absolute Gasteiger partial charge is 0.303 e. The largest absolute Gasteiger partial charge is 0.485 e. The number of carboxylic acids is 1. The van der Waals surface area contributed by atoms with Crippen molar-refractivity contribution in [2.75, 3.05) is 19.8 Å². The minimum absolute atomic E-state index is 0.0808. The fraction of sp³-hybridized carbons (Fsp3) is 0.708. The number of hydrogen-bond acceptors (Lipinski definition) is 6. The van der Waals surface area contributed by atoms with Crippen molar-refractivity contribution < 1.29 is 42.4 Å². The molecule has 3 unspecified atom stereocenters.